The first-order valence-corrected chi connectivity index (χ1v) is 2.08. The van der Waals surface area contributed by atoms with Crippen LogP contribution in [0.1, 0.15) is 0 Å². The molecule has 0 amide bonds. The first kappa shape index (κ1) is 10.8. The molecule has 0 aliphatic rings. The summed E-state index contributed by atoms with van der Waals surface area (Å²) in [5, 5.41) is 0. The Bertz CT molecular complexity index is 63.0. The molecule has 7 heavy (non-hydrogen) atoms. The number of rotatable bonds is 0. The third kappa shape index (κ3) is 6.88. The maximum absolute atomic E-state index is 10.9. The fourth-order valence-electron chi connectivity index (χ4n) is 0. The summed E-state index contributed by atoms with van der Waals surface area (Å²) in [6, 6.07) is 0. The summed E-state index contributed by atoms with van der Waals surface area (Å²) < 4.78 is 30.8. The quantitative estimate of drug-likeness (QED) is 0.470. The minimum atomic E-state index is -2.25. The second kappa shape index (κ2) is 5.03. The van der Waals surface area contributed by atoms with E-state index in [4.69, 9.17) is 0 Å². The largest absolute Gasteiger partial charge is 0.311 e. The van der Waals surface area contributed by atoms with Crippen molar-refractivity contribution in [2.45, 2.75) is 0 Å². The van der Waals surface area contributed by atoms with Gasteiger partial charge in [-0.1, -0.05) is 0 Å². The minimum Gasteiger partial charge on any atom is -0.194 e. The maximum Gasteiger partial charge on any atom is 0.311 e. The van der Waals surface area contributed by atoms with Gasteiger partial charge in [-0.15, -0.1) is 0 Å². The van der Waals surface area contributed by atoms with Crippen LogP contribution in [0.15, 0.2) is 9.91 Å². The van der Waals surface area contributed by atoms with Crippen LogP contribution in [0.25, 0.3) is 0 Å². The fraction of sp³-hybridized carbons (Fsp3) is 0. The molecule has 38 valence electrons. The summed E-state index contributed by atoms with van der Waals surface area (Å²) in [5.74, 6) is 0. The van der Waals surface area contributed by atoms with Gasteiger partial charge in [-0.3, -0.25) is 0 Å². The summed E-state index contributed by atoms with van der Waals surface area (Å²) in [7, 11) is 0. The van der Waals surface area contributed by atoms with E-state index in [0.29, 0.717) is 0 Å². The van der Waals surface area contributed by atoms with E-state index < -0.39 is 9.91 Å². The second-order valence-corrected chi connectivity index (χ2v) is 1.47. The monoisotopic (exact) mass is 272 g/mol. The Labute approximate surface area is 65.1 Å². The normalized spacial score (nSPS) is 6.86. The summed E-state index contributed by atoms with van der Waals surface area (Å²) in [5.41, 5.74) is 0. The van der Waals surface area contributed by atoms with E-state index in [-0.39, 0.29) is 19.5 Å². The molecule has 0 saturated carbocycles. The summed E-state index contributed by atoms with van der Waals surface area (Å²) in [4.78, 5) is 0. The van der Waals surface area contributed by atoms with E-state index in [2.05, 4.69) is 0 Å². The Morgan fingerprint density at radius 2 is 1.29 bits per heavy atom. The van der Waals surface area contributed by atoms with Crippen molar-refractivity contribution in [2.24, 2.45) is 0 Å². The molecule has 0 nitrogen and oxygen atoms in total. The molecular formula is C2F3IZn. The van der Waals surface area contributed by atoms with Gasteiger partial charge < -0.3 is 0 Å². The Morgan fingerprint density at radius 3 is 1.29 bits per heavy atom. The van der Waals surface area contributed by atoms with Crippen molar-refractivity contribution < 1.29 is 32.6 Å². The smallest absolute Gasteiger partial charge is 0.194 e. The Balaban J connectivity index is 0. The molecule has 0 bridgehead atoms. The predicted octanol–water partition coefficient (Wildman–Crippen LogP) is 2.45. The van der Waals surface area contributed by atoms with Gasteiger partial charge in [0.15, 0.2) is 0 Å². The zero-order valence-corrected chi connectivity index (χ0v) is 8.34. The van der Waals surface area contributed by atoms with Gasteiger partial charge >= 0.3 is 6.08 Å². The van der Waals surface area contributed by atoms with Crippen LogP contribution in [0, 0.1) is 0 Å². The molecule has 5 heteroatoms. The first-order chi connectivity index (χ1) is 2.64. The average Bonchev–Trinajstić information content (AvgIpc) is 1.36. The van der Waals surface area contributed by atoms with Crippen molar-refractivity contribution in [1.82, 2.24) is 0 Å². The van der Waals surface area contributed by atoms with Gasteiger partial charge in [0, 0.05) is 19.5 Å². The predicted molar refractivity (Wildman–Crippen MR) is 24.4 cm³/mol. The number of halogens is 4. The second-order valence-electron chi connectivity index (χ2n) is 0.521. The van der Waals surface area contributed by atoms with E-state index in [0.717, 1.165) is 22.6 Å². The van der Waals surface area contributed by atoms with Crippen LogP contribution in [0.4, 0.5) is 13.2 Å². The third-order valence-corrected chi connectivity index (χ3v) is 0.551. The van der Waals surface area contributed by atoms with Crippen molar-refractivity contribution in [3.63, 3.8) is 0 Å². The zero-order valence-electron chi connectivity index (χ0n) is 3.22. The van der Waals surface area contributed by atoms with Crippen LogP contribution >= 0.6 is 22.6 Å². The molecule has 0 aliphatic heterocycles. The van der Waals surface area contributed by atoms with Gasteiger partial charge in [-0.25, -0.2) is 0 Å². The van der Waals surface area contributed by atoms with Gasteiger partial charge in [0.05, 0.1) is 0 Å². The van der Waals surface area contributed by atoms with Crippen molar-refractivity contribution >= 4 is 22.6 Å². The van der Waals surface area contributed by atoms with Gasteiger partial charge in [-0.05, 0) is 22.6 Å². The van der Waals surface area contributed by atoms with E-state index >= 15 is 0 Å². The first-order valence-electron chi connectivity index (χ1n) is 1.01. The Kier molecular flexibility index (Phi) is 7.75. The molecule has 0 atom stereocenters. The summed E-state index contributed by atoms with van der Waals surface area (Å²) in [6.45, 7) is 0. The summed E-state index contributed by atoms with van der Waals surface area (Å²) in [6.07, 6.45) is -2.25. The SMILES string of the molecule is FC(F)=C(F)I.[Zn]. The van der Waals surface area contributed by atoms with E-state index in [1.807, 2.05) is 0 Å². The van der Waals surface area contributed by atoms with Gasteiger partial charge in [0.1, 0.15) is 0 Å². The molecule has 0 aromatic heterocycles. The van der Waals surface area contributed by atoms with Crippen molar-refractivity contribution in [1.29, 1.82) is 0 Å². The Hall–Kier alpha value is 0.883. The zero-order chi connectivity index (χ0) is 5.15. The van der Waals surface area contributed by atoms with Crippen LogP contribution in [-0.4, -0.2) is 0 Å². The molecule has 0 aromatic carbocycles. The molecule has 0 fully saturated rings. The molecule has 0 unspecified atom stereocenters. The van der Waals surface area contributed by atoms with Gasteiger partial charge in [-0.2, -0.15) is 13.2 Å². The average molecular weight is 273 g/mol. The van der Waals surface area contributed by atoms with Gasteiger partial charge in [0.2, 0.25) is 3.83 Å². The topological polar surface area (TPSA) is 0 Å². The standard InChI is InChI=1S/C2F3I.Zn/c3-1(4)2(5)6;. The van der Waals surface area contributed by atoms with Crippen molar-refractivity contribution in [3.8, 4) is 0 Å². The van der Waals surface area contributed by atoms with E-state index in [1.54, 1.807) is 0 Å². The minimum absolute atomic E-state index is 0. The van der Waals surface area contributed by atoms with Crippen LogP contribution in [0.5, 0.6) is 0 Å². The van der Waals surface area contributed by atoms with Crippen LogP contribution in [0.3, 0.4) is 0 Å². The number of hydrogen-bond donors (Lipinski definition) is 0. The molecule has 0 heterocycles. The molecule has 0 aromatic rings. The van der Waals surface area contributed by atoms with Crippen molar-refractivity contribution in [2.75, 3.05) is 0 Å². The van der Waals surface area contributed by atoms with Gasteiger partial charge in [0.25, 0.3) is 0 Å². The third-order valence-electron chi connectivity index (χ3n) is 0.143. The molecule has 0 N–H and O–H groups in total. The van der Waals surface area contributed by atoms with E-state index in [1.165, 1.54) is 0 Å². The maximum atomic E-state index is 10.9. The van der Waals surface area contributed by atoms with Crippen LogP contribution < -0.4 is 0 Å². The molecule has 0 radical (unpaired) electrons. The Morgan fingerprint density at radius 1 is 1.14 bits per heavy atom. The molecule has 0 spiro atoms. The number of hydrogen-bond acceptors (Lipinski definition) is 0. The van der Waals surface area contributed by atoms with Crippen LogP contribution in [-0.2, 0) is 19.5 Å². The molecule has 0 aliphatic carbocycles. The van der Waals surface area contributed by atoms with E-state index in [9.17, 15) is 13.2 Å². The molecule has 0 rings (SSSR count). The summed E-state index contributed by atoms with van der Waals surface area (Å²) >= 11 is 0.895. The van der Waals surface area contributed by atoms with Crippen molar-refractivity contribution in [3.05, 3.63) is 9.91 Å². The van der Waals surface area contributed by atoms with Crippen LogP contribution in [0.2, 0.25) is 0 Å². The fourth-order valence-corrected chi connectivity index (χ4v) is 0. The molecule has 0 saturated heterocycles. The molecular weight excluding hydrogens is 273 g/mol.